The third-order valence-electron chi connectivity index (χ3n) is 4.06. The zero-order chi connectivity index (χ0) is 19.6. The summed E-state index contributed by atoms with van der Waals surface area (Å²) in [6.07, 6.45) is 2.80. The van der Waals surface area contributed by atoms with Crippen LogP contribution in [0.5, 0.6) is 0 Å². The highest BCUT2D eigenvalue weighted by atomic mass is 19.1. The van der Waals surface area contributed by atoms with Gasteiger partial charge in [-0.15, -0.1) is 0 Å². The maximum atomic E-state index is 13.2. The van der Waals surface area contributed by atoms with Gasteiger partial charge in [0.25, 0.3) is 11.8 Å². The van der Waals surface area contributed by atoms with Gasteiger partial charge < -0.3 is 4.57 Å². The highest BCUT2D eigenvalue weighted by molar-refractivity contribution is 5.99. The summed E-state index contributed by atoms with van der Waals surface area (Å²) in [5.74, 6) is -1.37. The van der Waals surface area contributed by atoms with Gasteiger partial charge in [-0.25, -0.2) is 9.37 Å². The number of benzene rings is 1. The van der Waals surface area contributed by atoms with Gasteiger partial charge in [0.15, 0.2) is 0 Å². The van der Waals surface area contributed by atoms with Gasteiger partial charge in [-0.1, -0.05) is 0 Å². The average molecular weight is 367 g/mol. The Labute approximate surface area is 155 Å². The van der Waals surface area contributed by atoms with Crippen molar-refractivity contribution in [3.05, 3.63) is 76.9 Å². The molecule has 0 radical (unpaired) electrons. The van der Waals surface area contributed by atoms with Crippen LogP contribution < -0.4 is 10.9 Å². The van der Waals surface area contributed by atoms with E-state index in [1.165, 1.54) is 24.5 Å². The molecule has 8 heteroatoms. The second-order valence-corrected chi connectivity index (χ2v) is 6.05. The van der Waals surface area contributed by atoms with Crippen molar-refractivity contribution in [2.75, 3.05) is 0 Å². The fourth-order valence-corrected chi connectivity index (χ4v) is 2.73. The molecule has 0 saturated heterocycles. The number of rotatable bonds is 3. The predicted octanol–water partition coefficient (Wildman–Crippen LogP) is 2.41. The quantitative estimate of drug-likeness (QED) is 0.696. The van der Waals surface area contributed by atoms with Crippen LogP contribution in [0.2, 0.25) is 0 Å². The van der Waals surface area contributed by atoms with E-state index in [0.29, 0.717) is 17.0 Å². The third kappa shape index (κ3) is 3.84. The van der Waals surface area contributed by atoms with E-state index >= 15 is 0 Å². The normalized spacial score (nSPS) is 10.5. The maximum absolute atomic E-state index is 13.2. The third-order valence-corrected chi connectivity index (χ3v) is 4.06. The Morgan fingerprint density at radius 1 is 0.963 bits per heavy atom. The second-order valence-electron chi connectivity index (χ2n) is 6.05. The highest BCUT2D eigenvalue weighted by Gasteiger charge is 2.18. The fourth-order valence-electron chi connectivity index (χ4n) is 2.73. The molecule has 0 aliphatic rings. The molecule has 3 rings (SSSR count). The van der Waals surface area contributed by atoms with E-state index < -0.39 is 11.8 Å². The van der Waals surface area contributed by atoms with Crippen LogP contribution >= 0.6 is 0 Å². The molecule has 2 aromatic heterocycles. The number of halogens is 1. The van der Waals surface area contributed by atoms with E-state index in [9.17, 15) is 14.0 Å². The molecule has 138 valence electrons. The van der Waals surface area contributed by atoms with Crippen molar-refractivity contribution in [3.8, 4) is 5.69 Å². The lowest BCUT2D eigenvalue weighted by molar-refractivity contribution is 0.0843. The van der Waals surface area contributed by atoms with Crippen molar-refractivity contribution < 1.29 is 14.0 Å². The summed E-state index contributed by atoms with van der Waals surface area (Å²) in [5, 5.41) is 0. The first-order chi connectivity index (χ1) is 12.9. The number of amides is 2. The van der Waals surface area contributed by atoms with Crippen LogP contribution in [0, 0.1) is 26.6 Å². The summed E-state index contributed by atoms with van der Waals surface area (Å²) in [4.78, 5) is 32.4. The topological polar surface area (TPSA) is 88.9 Å². The van der Waals surface area contributed by atoms with E-state index in [2.05, 4.69) is 20.8 Å². The maximum Gasteiger partial charge on any atom is 0.289 e. The Balaban J connectivity index is 1.75. The van der Waals surface area contributed by atoms with Crippen LogP contribution in [0.4, 0.5) is 4.39 Å². The number of hydrogen-bond donors (Lipinski definition) is 2. The number of nitrogens with one attached hydrogen (secondary N) is 2. The van der Waals surface area contributed by atoms with Crippen molar-refractivity contribution in [2.45, 2.75) is 20.8 Å². The van der Waals surface area contributed by atoms with Gasteiger partial charge in [0.05, 0.1) is 17.5 Å². The van der Waals surface area contributed by atoms with Crippen LogP contribution in [0.25, 0.3) is 5.69 Å². The number of hydrogen-bond acceptors (Lipinski definition) is 4. The summed E-state index contributed by atoms with van der Waals surface area (Å²) < 4.78 is 15.0. The largest absolute Gasteiger partial charge is 0.318 e. The monoisotopic (exact) mass is 367 g/mol. The van der Waals surface area contributed by atoms with Crippen molar-refractivity contribution in [2.24, 2.45) is 0 Å². The lowest BCUT2D eigenvalue weighted by Gasteiger charge is -2.10. The van der Waals surface area contributed by atoms with Crippen LogP contribution in [-0.2, 0) is 0 Å². The first-order valence-corrected chi connectivity index (χ1v) is 8.21. The SMILES string of the molecule is Cc1cnc(C(=O)NNC(=O)c2cc(C)n(-c3ccc(F)cc3)c2C)cn1. The number of nitrogens with zero attached hydrogens (tertiary/aromatic N) is 3. The minimum Gasteiger partial charge on any atom is -0.318 e. The minimum atomic E-state index is -0.566. The first-order valence-electron chi connectivity index (χ1n) is 8.21. The standard InChI is InChI=1S/C19H18FN5O2/c1-11-9-22-17(10-21-11)19(27)24-23-18(26)16-8-12(2)25(13(16)3)15-6-4-14(20)5-7-15/h4-10H,1-3H3,(H,23,26)(H,24,27). The summed E-state index contributed by atoms with van der Waals surface area (Å²) in [6, 6.07) is 7.68. The summed E-state index contributed by atoms with van der Waals surface area (Å²) >= 11 is 0. The number of aromatic nitrogens is 3. The number of aryl methyl sites for hydroxylation is 2. The highest BCUT2D eigenvalue weighted by Crippen LogP contribution is 2.21. The molecule has 2 heterocycles. The van der Waals surface area contributed by atoms with Crippen LogP contribution in [-0.4, -0.2) is 26.3 Å². The number of hydrazine groups is 1. The molecule has 2 N–H and O–H groups in total. The van der Waals surface area contributed by atoms with Crippen LogP contribution in [0.15, 0.2) is 42.7 Å². The van der Waals surface area contributed by atoms with Gasteiger partial charge in [0, 0.05) is 23.3 Å². The van der Waals surface area contributed by atoms with Gasteiger partial charge in [-0.2, -0.15) is 0 Å². The van der Waals surface area contributed by atoms with Crippen molar-refractivity contribution in [1.82, 2.24) is 25.4 Å². The smallest absolute Gasteiger partial charge is 0.289 e. The molecule has 3 aromatic rings. The molecule has 0 spiro atoms. The number of carbonyl (C=O) groups excluding carboxylic acids is 2. The van der Waals surface area contributed by atoms with E-state index in [1.54, 1.807) is 32.0 Å². The van der Waals surface area contributed by atoms with E-state index in [-0.39, 0.29) is 11.5 Å². The Hall–Kier alpha value is -3.55. The molecule has 7 nitrogen and oxygen atoms in total. The van der Waals surface area contributed by atoms with E-state index in [0.717, 1.165) is 11.4 Å². The summed E-state index contributed by atoms with van der Waals surface area (Å²) in [7, 11) is 0. The molecule has 0 fully saturated rings. The Bertz CT molecular complexity index is 994. The molecule has 0 atom stereocenters. The van der Waals surface area contributed by atoms with Gasteiger partial charge in [-0.05, 0) is 51.1 Å². The van der Waals surface area contributed by atoms with E-state index in [4.69, 9.17) is 0 Å². The average Bonchev–Trinajstić information content (AvgIpc) is 2.95. The molecule has 1 aromatic carbocycles. The molecule has 0 saturated carbocycles. The molecule has 0 aliphatic carbocycles. The minimum absolute atomic E-state index is 0.0951. The zero-order valence-corrected chi connectivity index (χ0v) is 15.1. The molecule has 0 bridgehead atoms. The molecule has 27 heavy (non-hydrogen) atoms. The molecule has 2 amide bonds. The lowest BCUT2D eigenvalue weighted by Crippen LogP contribution is -2.42. The molecule has 0 aliphatic heterocycles. The van der Waals surface area contributed by atoms with Gasteiger partial charge in [-0.3, -0.25) is 25.4 Å². The summed E-state index contributed by atoms with van der Waals surface area (Å²) in [6.45, 7) is 5.37. The predicted molar refractivity (Wildman–Crippen MR) is 96.9 cm³/mol. The van der Waals surface area contributed by atoms with E-state index in [1.807, 2.05) is 11.5 Å². The molecular formula is C19H18FN5O2. The first kappa shape index (κ1) is 18.2. The molecular weight excluding hydrogens is 349 g/mol. The molecule has 0 unspecified atom stereocenters. The Morgan fingerprint density at radius 3 is 2.26 bits per heavy atom. The van der Waals surface area contributed by atoms with Gasteiger partial charge in [0.2, 0.25) is 0 Å². The van der Waals surface area contributed by atoms with Gasteiger partial charge in [0.1, 0.15) is 11.5 Å². The lowest BCUT2D eigenvalue weighted by atomic mass is 10.2. The van der Waals surface area contributed by atoms with Gasteiger partial charge >= 0.3 is 0 Å². The zero-order valence-electron chi connectivity index (χ0n) is 15.1. The number of carbonyl (C=O) groups is 2. The Kier molecular flexibility index (Phi) is 4.98. The van der Waals surface area contributed by atoms with Crippen molar-refractivity contribution >= 4 is 11.8 Å². The van der Waals surface area contributed by atoms with Crippen molar-refractivity contribution in [3.63, 3.8) is 0 Å². The fraction of sp³-hybridized carbons (Fsp3) is 0.158. The van der Waals surface area contributed by atoms with Crippen LogP contribution in [0.3, 0.4) is 0 Å². The van der Waals surface area contributed by atoms with Crippen LogP contribution in [0.1, 0.15) is 37.9 Å². The second kappa shape index (κ2) is 7.36. The Morgan fingerprint density at radius 2 is 1.63 bits per heavy atom. The van der Waals surface area contributed by atoms with Crippen molar-refractivity contribution in [1.29, 1.82) is 0 Å². The summed E-state index contributed by atoms with van der Waals surface area (Å²) in [5.41, 5.74) is 8.08.